The fraction of sp³-hybridized carbons (Fsp3) is 0.400. The van der Waals surface area contributed by atoms with Crippen molar-refractivity contribution in [2.24, 2.45) is 0 Å². The molecule has 0 atom stereocenters. The van der Waals surface area contributed by atoms with Crippen LogP contribution in [0.5, 0.6) is 0 Å². The van der Waals surface area contributed by atoms with Crippen LogP contribution in [0.15, 0.2) is 36.5 Å². The molecule has 0 saturated carbocycles. The number of benzene rings is 1. The van der Waals surface area contributed by atoms with Crippen molar-refractivity contribution < 1.29 is 4.79 Å². The Labute approximate surface area is 109 Å². The van der Waals surface area contributed by atoms with Crippen molar-refractivity contribution in [1.82, 2.24) is 5.32 Å². The zero-order valence-corrected chi connectivity index (χ0v) is 11.6. The van der Waals surface area contributed by atoms with Crippen LogP contribution in [0.1, 0.15) is 39.7 Å². The monoisotopic (exact) mass is 246 g/mol. The van der Waals surface area contributed by atoms with Gasteiger partial charge in [0.15, 0.2) is 0 Å². The van der Waals surface area contributed by atoms with E-state index in [1.165, 1.54) is 0 Å². The highest BCUT2D eigenvalue weighted by Crippen LogP contribution is 2.28. The molecule has 0 heterocycles. The molecule has 1 aromatic carbocycles. The summed E-state index contributed by atoms with van der Waals surface area (Å²) in [6, 6.07) is 7.66. The van der Waals surface area contributed by atoms with Crippen LogP contribution in [0.3, 0.4) is 0 Å². The molecule has 3 nitrogen and oxygen atoms in total. The molecule has 1 rings (SSSR count). The van der Waals surface area contributed by atoms with Crippen LogP contribution >= 0.6 is 0 Å². The summed E-state index contributed by atoms with van der Waals surface area (Å²) in [7, 11) is 0. The summed E-state index contributed by atoms with van der Waals surface area (Å²) < 4.78 is 0. The van der Waals surface area contributed by atoms with Crippen molar-refractivity contribution in [3.8, 4) is 0 Å². The number of hydrogen-bond acceptors (Lipinski definition) is 1. The van der Waals surface area contributed by atoms with E-state index in [1.54, 1.807) is 6.20 Å². The predicted octanol–water partition coefficient (Wildman–Crippen LogP) is 4.03. The summed E-state index contributed by atoms with van der Waals surface area (Å²) >= 11 is 0. The molecule has 3 heteroatoms. The number of amides is 2. The van der Waals surface area contributed by atoms with E-state index < -0.39 is 0 Å². The fourth-order valence-corrected chi connectivity index (χ4v) is 1.66. The van der Waals surface area contributed by atoms with Gasteiger partial charge >= 0.3 is 6.03 Å². The van der Waals surface area contributed by atoms with E-state index in [0.717, 1.165) is 17.7 Å². The van der Waals surface area contributed by atoms with Gasteiger partial charge in [-0.2, -0.15) is 0 Å². The summed E-state index contributed by atoms with van der Waals surface area (Å²) in [5, 5.41) is 5.55. The molecular weight excluding hydrogens is 224 g/mol. The smallest absolute Gasteiger partial charge is 0.315 e. The molecule has 0 aliphatic carbocycles. The van der Waals surface area contributed by atoms with Gasteiger partial charge < -0.3 is 10.6 Å². The van der Waals surface area contributed by atoms with E-state index in [2.05, 4.69) is 31.4 Å². The Hall–Kier alpha value is -1.77. The minimum Gasteiger partial charge on any atom is -0.315 e. The Bertz CT molecular complexity index is 430. The topological polar surface area (TPSA) is 41.1 Å². The van der Waals surface area contributed by atoms with Crippen molar-refractivity contribution >= 4 is 11.7 Å². The molecule has 0 unspecified atom stereocenters. The second kappa shape index (κ2) is 6.24. The van der Waals surface area contributed by atoms with E-state index in [1.807, 2.05) is 37.3 Å². The minimum absolute atomic E-state index is 0.00311. The molecule has 0 bridgehead atoms. The molecule has 0 fully saturated rings. The third kappa shape index (κ3) is 4.24. The number of nitrogens with one attached hydrogen (secondary N) is 2. The van der Waals surface area contributed by atoms with Crippen molar-refractivity contribution in [1.29, 1.82) is 0 Å². The molecule has 0 aromatic heterocycles. The van der Waals surface area contributed by atoms with Crippen molar-refractivity contribution in [3.05, 3.63) is 42.1 Å². The number of anilines is 1. The van der Waals surface area contributed by atoms with Crippen LogP contribution in [0.2, 0.25) is 0 Å². The number of carbonyl (C=O) groups is 1. The summed E-state index contributed by atoms with van der Waals surface area (Å²) in [4.78, 5) is 11.7. The van der Waals surface area contributed by atoms with Crippen LogP contribution in [0.25, 0.3) is 0 Å². The zero-order chi connectivity index (χ0) is 13.6. The molecule has 0 aliphatic rings. The summed E-state index contributed by atoms with van der Waals surface area (Å²) in [6.07, 6.45) is 4.46. The standard InChI is InChI=1S/C15H22N2O/c1-5-6-11-16-14(18)17-13-10-8-7-9-12(13)15(2,3)4/h6-11H,5H2,1-4H3,(H2,16,17,18)/b11-6+. The highest BCUT2D eigenvalue weighted by atomic mass is 16.2. The van der Waals surface area contributed by atoms with Gasteiger partial charge in [0, 0.05) is 11.9 Å². The molecule has 2 amide bonds. The lowest BCUT2D eigenvalue weighted by atomic mass is 9.86. The number of rotatable bonds is 3. The maximum absolute atomic E-state index is 11.7. The second-order valence-corrected chi connectivity index (χ2v) is 5.20. The van der Waals surface area contributed by atoms with Gasteiger partial charge in [0.25, 0.3) is 0 Å². The Morgan fingerprint density at radius 3 is 2.56 bits per heavy atom. The number of allylic oxidation sites excluding steroid dienone is 1. The SMILES string of the molecule is CC/C=C/NC(=O)Nc1ccccc1C(C)(C)C. The lowest BCUT2D eigenvalue weighted by Crippen LogP contribution is -2.26. The normalized spacial score (nSPS) is 11.6. The van der Waals surface area contributed by atoms with Gasteiger partial charge in [-0.25, -0.2) is 4.79 Å². The van der Waals surface area contributed by atoms with Crippen molar-refractivity contribution in [3.63, 3.8) is 0 Å². The first-order chi connectivity index (χ1) is 8.45. The number of urea groups is 1. The van der Waals surface area contributed by atoms with Gasteiger partial charge in [0.1, 0.15) is 0 Å². The third-order valence-corrected chi connectivity index (χ3v) is 2.55. The molecule has 1 aromatic rings. The first kappa shape index (κ1) is 14.3. The van der Waals surface area contributed by atoms with Crippen LogP contribution in [0.4, 0.5) is 10.5 Å². The molecule has 98 valence electrons. The van der Waals surface area contributed by atoms with Gasteiger partial charge in [-0.05, 0) is 23.5 Å². The zero-order valence-electron chi connectivity index (χ0n) is 11.6. The van der Waals surface area contributed by atoms with Crippen molar-refractivity contribution in [2.45, 2.75) is 39.5 Å². The highest BCUT2D eigenvalue weighted by Gasteiger charge is 2.18. The maximum Gasteiger partial charge on any atom is 0.323 e. The molecule has 2 N–H and O–H groups in total. The lowest BCUT2D eigenvalue weighted by Gasteiger charge is -2.22. The lowest BCUT2D eigenvalue weighted by molar-refractivity contribution is 0.255. The van der Waals surface area contributed by atoms with Crippen LogP contribution < -0.4 is 10.6 Å². The Kier molecular flexibility index (Phi) is 4.95. The third-order valence-electron chi connectivity index (χ3n) is 2.55. The van der Waals surface area contributed by atoms with Crippen LogP contribution in [-0.4, -0.2) is 6.03 Å². The molecule has 0 saturated heterocycles. The Balaban J connectivity index is 2.79. The number of carbonyl (C=O) groups excluding carboxylic acids is 1. The molecule has 18 heavy (non-hydrogen) atoms. The predicted molar refractivity (Wildman–Crippen MR) is 76.7 cm³/mol. The van der Waals surface area contributed by atoms with E-state index >= 15 is 0 Å². The summed E-state index contributed by atoms with van der Waals surface area (Å²) in [5.41, 5.74) is 1.98. The highest BCUT2D eigenvalue weighted by molar-refractivity contribution is 5.90. The first-order valence-electron chi connectivity index (χ1n) is 6.27. The fourth-order valence-electron chi connectivity index (χ4n) is 1.66. The van der Waals surface area contributed by atoms with Crippen LogP contribution in [0, 0.1) is 0 Å². The van der Waals surface area contributed by atoms with Gasteiger partial charge in [0.05, 0.1) is 0 Å². The second-order valence-electron chi connectivity index (χ2n) is 5.20. The average Bonchev–Trinajstić information content (AvgIpc) is 2.28. The Morgan fingerprint density at radius 1 is 1.28 bits per heavy atom. The largest absolute Gasteiger partial charge is 0.323 e. The summed E-state index contributed by atoms with van der Waals surface area (Å²) in [6.45, 7) is 8.40. The van der Waals surface area contributed by atoms with E-state index in [-0.39, 0.29) is 11.4 Å². The van der Waals surface area contributed by atoms with E-state index in [9.17, 15) is 4.79 Å². The minimum atomic E-state index is -0.212. The number of hydrogen-bond donors (Lipinski definition) is 2. The van der Waals surface area contributed by atoms with Gasteiger partial charge in [-0.15, -0.1) is 0 Å². The van der Waals surface area contributed by atoms with Crippen molar-refractivity contribution in [2.75, 3.05) is 5.32 Å². The Morgan fingerprint density at radius 2 is 1.94 bits per heavy atom. The molecule has 0 aliphatic heterocycles. The molecule has 0 radical (unpaired) electrons. The molecular formula is C15H22N2O. The average molecular weight is 246 g/mol. The number of para-hydroxylation sites is 1. The maximum atomic E-state index is 11.7. The van der Waals surface area contributed by atoms with Gasteiger partial charge in [-0.1, -0.05) is 52.0 Å². The quantitative estimate of drug-likeness (QED) is 0.830. The van der Waals surface area contributed by atoms with Gasteiger partial charge in [0.2, 0.25) is 0 Å². The van der Waals surface area contributed by atoms with E-state index in [0.29, 0.717) is 0 Å². The molecule has 0 spiro atoms. The van der Waals surface area contributed by atoms with Crippen LogP contribution in [-0.2, 0) is 5.41 Å². The summed E-state index contributed by atoms with van der Waals surface area (Å²) in [5.74, 6) is 0. The first-order valence-corrected chi connectivity index (χ1v) is 6.27. The van der Waals surface area contributed by atoms with E-state index in [4.69, 9.17) is 0 Å². The van der Waals surface area contributed by atoms with Gasteiger partial charge in [-0.3, -0.25) is 0 Å².